The molecule has 0 aliphatic heterocycles. The number of carbonyl (C=O) groups is 1. The fourth-order valence-electron chi connectivity index (χ4n) is 3.02. The Hall–Kier alpha value is -3.06. The molecule has 7 heteroatoms. The first-order chi connectivity index (χ1) is 14.0. The molecule has 1 amide bonds. The summed E-state index contributed by atoms with van der Waals surface area (Å²) in [5.41, 5.74) is 3.07. The summed E-state index contributed by atoms with van der Waals surface area (Å²) < 4.78 is 25.3. The van der Waals surface area contributed by atoms with Crippen molar-refractivity contribution >= 4 is 5.91 Å². The lowest BCUT2D eigenvalue weighted by Gasteiger charge is -2.11. The number of nitrogens with zero attached hydrogens (tertiary/aromatic N) is 2. The van der Waals surface area contributed by atoms with E-state index in [9.17, 15) is 9.18 Å². The van der Waals surface area contributed by atoms with E-state index in [0.717, 1.165) is 24.0 Å². The smallest absolute Gasteiger partial charge is 0.251 e. The zero-order chi connectivity index (χ0) is 20.4. The van der Waals surface area contributed by atoms with Crippen molar-refractivity contribution in [2.45, 2.75) is 39.3 Å². The summed E-state index contributed by atoms with van der Waals surface area (Å²) >= 11 is 0. The molecule has 1 N–H and O–H groups in total. The number of ether oxygens (including phenoxy) is 1. The van der Waals surface area contributed by atoms with E-state index in [0.29, 0.717) is 35.1 Å². The zero-order valence-corrected chi connectivity index (χ0v) is 16.4. The van der Waals surface area contributed by atoms with E-state index >= 15 is 0 Å². The maximum atomic E-state index is 14.5. The molecule has 0 radical (unpaired) electrons. The molecular formula is C22H22FN3O3. The lowest BCUT2D eigenvalue weighted by molar-refractivity contribution is 0.0950. The Morgan fingerprint density at radius 2 is 1.93 bits per heavy atom. The van der Waals surface area contributed by atoms with Crippen LogP contribution in [-0.2, 0) is 11.3 Å². The molecule has 4 rings (SSSR count). The second-order valence-electron chi connectivity index (χ2n) is 7.09. The second-order valence-corrected chi connectivity index (χ2v) is 7.09. The van der Waals surface area contributed by atoms with Crippen LogP contribution in [-0.4, -0.2) is 28.8 Å². The maximum Gasteiger partial charge on any atom is 0.251 e. The average molecular weight is 395 g/mol. The molecule has 1 saturated carbocycles. The zero-order valence-electron chi connectivity index (χ0n) is 16.4. The van der Waals surface area contributed by atoms with Crippen molar-refractivity contribution in [2.75, 3.05) is 6.61 Å². The van der Waals surface area contributed by atoms with Crippen molar-refractivity contribution < 1.29 is 18.3 Å². The fraction of sp³-hybridized carbons (Fsp3) is 0.318. The van der Waals surface area contributed by atoms with Crippen molar-refractivity contribution in [1.29, 1.82) is 0 Å². The number of amides is 1. The molecule has 0 atom stereocenters. The van der Waals surface area contributed by atoms with Gasteiger partial charge in [0.05, 0.1) is 0 Å². The van der Waals surface area contributed by atoms with Gasteiger partial charge in [-0.25, -0.2) is 4.39 Å². The summed E-state index contributed by atoms with van der Waals surface area (Å²) in [6.45, 7) is 4.44. The largest absolute Gasteiger partial charge is 0.418 e. The molecule has 2 aromatic carbocycles. The van der Waals surface area contributed by atoms with Gasteiger partial charge < -0.3 is 14.5 Å². The van der Waals surface area contributed by atoms with Crippen LogP contribution in [0.1, 0.15) is 41.6 Å². The highest BCUT2D eigenvalue weighted by molar-refractivity contribution is 5.96. The Bertz CT molecular complexity index is 1030. The topological polar surface area (TPSA) is 77.2 Å². The first-order valence-electron chi connectivity index (χ1n) is 9.67. The first kappa shape index (κ1) is 19.3. The number of aromatic nitrogens is 2. The highest BCUT2D eigenvalue weighted by Crippen LogP contribution is 2.29. The fourth-order valence-corrected chi connectivity index (χ4v) is 3.02. The van der Waals surface area contributed by atoms with Gasteiger partial charge >= 0.3 is 0 Å². The first-order valence-corrected chi connectivity index (χ1v) is 9.67. The van der Waals surface area contributed by atoms with Gasteiger partial charge in [0.1, 0.15) is 12.4 Å². The number of nitrogens with one attached hydrogen (secondary N) is 1. The third kappa shape index (κ3) is 4.35. The van der Waals surface area contributed by atoms with Crippen LogP contribution in [0.2, 0.25) is 0 Å². The molecule has 1 heterocycles. The summed E-state index contributed by atoms with van der Waals surface area (Å²) in [5.74, 6) is 0.173. The molecule has 1 aromatic heterocycles. The van der Waals surface area contributed by atoms with Gasteiger partial charge in [-0.1, -0.05) is 12.1 Å². The van der Waals surface area contributed by atoms with Crippen LogP contribution in [0.4, 0.5) is 4.39 Å². The summed E-state index contributed by atoms with van der Waals surface area (Å²) in [4.78, 5) is 12.3. The number of hydrogen-bond donors (Lipinski definition) is 1. The highest BCUT2D eigenvalue weighted by atomic mass is 19.1. The van der Waals surface area contributed by atoms with E-state index in [-0.39, 0.29) is 18.6 Å². The molecule has 0 unspecified atom stereocenters. The van der Waals surface area contributed by atoms with Gasteiger partial charge in [0.2, 0.25) is 11.8 Å². The van der Waals surface area contributed by atoms with Crippen LogP contribution in [0.5, 0.6) is 0 Å². The summed E-state index contributed by atoms with van der Waals surface area (Å²) in [5, 5.41) is 10.9. The molecule has 6 nitrogen and oxygen atoms in total. The summed E-state index contributed by atoms with van der Waals surface area (Å²) in [7, 11) is 0. The van der Waals surface area contributed by atoms with Crippen LogP contribution >= 0.6 is 0 Å². The Kier molecular flexibility index (Phi) is 5.40. The van der Waals surface area contributed by atoms with E-state index in [1.807, 2.05) is 31.2 Å². The molecule has 0 spiro atoms. The van der Waals surface area contributed by atoms with Crippen LogP contribution in [0.3, 0.4) is 0 Å². The SMILES string of the molecule is CCOCc1nnc(-c2ccc(-c3cc(C(=O)NC4CC4)cc(F)c3C)cc2)o1. The van der Waals surface area contributed by atoms with Crippen LogP contribution in [0, 0.1) is 12.7 Å². The van der Waals surface area contributed by atoms with Gasteiger partial charge in [-0.2, -0.15) is 0 Å². The van der Waals surface area contributed by atoms with Gasteiger partial charge in [-0.05, 0) is 67.6 Å². The third-order valence-corrected chi connectivity index (χ3v) is 4.86. The van der Waals surface area contributed by atoms with Crippen molar-refractivity contribution in [1.82, 2.24) is 15.5 Å². The van der Waals surface area contributed by atoms with Crippen LogP contribution in [0.15, 0.2) is 40.8 Å². The Morgan fingerprint density at radius 1 is 1.21 bits per heavy atom. The molecule has 150 valence electrons. The minimum absolute atomic E-state index is 0.219. The predicted octanol–water partition coefficient (Wildman–Crippen LogP) is 4.28. The molecule has 1 aliphatic rings. The Labute approximate surface area is 168 Å². The molecule has 29 heavy (non-hydrogen) atoms. The maximum absolute atomic E-state index is 14.5. The van der Waals surface area contributed by atoms with Crippen molar-refractivity contribution in [3.63, 3.8) is 0 Å². The van der Waals surface area contributed by atoms with Crippen LogP contribution < -0.4 is 5.32 Å². The molecule has 3 aromatic rings. The van der Waals surface area contributed by atoms with E-state index in [4.69, 9.17) is 9.15 Å². The Balaban J connectivity index is 1.58. The van der Waals surface area contributed by atoms with Crippen LogP contribution in [0.25, 0.3) is 22.6 Å². The quantitative estimate of drug-likeness (QED) is 0.646. The monoisotopic (exact) mass is 395 g/mol. The van der Waals surface area contributed by atoms with Gasteiger partial charge in [-0.3, -0.25) is 4.79 Å². The number of rotatable bonds is 7. The third-order valence-electron chi connectivity index (χ3n) is 4.86. The minimum atomic E-state index is -0.398. The number of benzene rings is 2. The lowest BCUT2D eigenvalue weighted by Crippen LogP contribution is -2.25. The molecule has 0 saturated heterocycles. The van der Waals surface area contributed by atoms with Gasteiger partial charge in [0.25, 0.3) is 5.91 Å². The number of halogens is 1. The van der Waals surface area contributed by atoms with Gasteiger partial charge in [0.15, 0.2) is 0 Å². The molecule has 1 aliphatic carbocycles. The van der Waals surface area contributed by atoms with Gasteiger partial charge in [0, 0.05) is 23.8 Å². The van der Waals surface area contributed by atoms with Crippen molar-refractivity contribution in [3.05, 3.63) is 59.2 Å². The van der Waals surface area contributed by atoms with E-state index < -0.39 is 5.82 Å². The summed E-state index contributed by atoms with van der Waals surface area (Å²) in [6, 6.07) is 10.6. The molecule has 1 fully saturated rings. The average Bonchev–Trinajstić information content (AvgIpc) is 3.42. The predicted molar refractivity (Wildman–Crippen MR) is 106 cm³/mol. The molecule has 0 bridgehead atoms. The van der Waals surface area contributed by atoms with Crippen molar-refractivity contribution in [2.24, 2.45) is 0 Å². The Morgan fingerprint density at radius 3 is 2.62 bits per heavy atom. The van der Waals surface area contributed by atoms with E-state index in [2.05, 4.69) is 15.5 Å². The van der Waals surface area contributed by atoms with Gasteiger partial charge in [-0.15, -0.1) is 10.2 Å². The van der Waals surface area contributed by atoms with E-state index in [1.165, 1.54) is 6.07 Å². The standard InChI is InChI=1S/C22H22FN3O3/c1-3-28-12-20-25-26-22(29-20)15-6-4-14(5-7-15)18-10-16(11-19(23)13(18)2)21(27)24-17-8-9-17/h4-7,10-11,17H,3,8-9,12H2,1-2H3,(H,24,27). The van der Waals surface area contributed by atoms with E-state index in [1.54, 1.807) is 13.0 Å². The number of hydrogen-bond acceptors (Lipinski definition) is 5. The van der Waals surface area contributed by atoms with Crippen molar-refractivity contribution in [3.8, 4) is 22.6 Å². The normalized spacial score (nSPS) is 13.5. The minimum Gasteiger partial charge on any atom is -0.418 e. The highest BCUT2D eigenvalue weighted by Gasteiger charge is 2.24. The summed E-state index contributed by atoms with van der Waals surface area (Å²) in [6.07, 6.45) is 1.96. The number of carbonyl (C=O) groups excluding carboxylic acids is 1. The molecular weight excluding hydrogens is 373 g/mol. The second kappa shape index (κ2) is 8.13. The lowest BCUT2D eigenvalue weighted by atomic mass is 9.96.